The summed E-state index contributed by atoms with van der Waals surface area (Å²) in [5.74, 6) is 0.0572. The first-order valence-corrected chi connectivity index (χ1v) is 9.78. The number of hydrogen-bond donors (Lipinski definition) is 1. The zero-order chi connectivity index (χ0) is 19.6. The maximum Gasteiger partial charge on any atom is 0.244 e. The number of halogens is 1. The zero-order valence-corrected chi connectivity index (χ0v) is 16.1. The molecule has 144 valence electrons. The van der Waals surface area contributed by atoms with Gasteiger partial charge in [0.1, 0.15) is 27.8 Å². The molecule has 0 saturated heterocycles. The summed E-state index contributed by atoms with van der Waals surface area (Å²) in [6.45, 7) is 0.0504. The fraction of sp³-hybridized carbons (Fsp3) is 0.263. The smallest absolute Gasteiger partial charge is 0.244 e. The number of fused-ring (bicyclic) bond motifs is 1. The van der Waals surface area contributed by atoms with E-state index < -0.39 is 15.8 Å². The minimum Gasteiger partial charge on any atom is -0.495 e. The number of likely N-dealkylation sites (N-methyl/N-ethyl adjacent to an activating group) is 1. The number of ether oxygens (including phenoxy) is 1. The molecule has 1 aromatic heterocycles. The first kappa shape index (κ1) is 19.3. The lowest BCUT2D eigenvalue weighted by atomic mass is 10.2. The number of nitrogens with zero attached hydrogens (tertiary/aromatic N) is 1. The van der Waals surface area contributed by atoms with Crippen molar-refractivity contribution in [2.75, 3.05) is 27.7 Å². The van der Waals surface area contributed by atoms with Crippen LogP contribution in [0.5, 0.6) is 5.75 Å². The Labute approximate surface area is 157 Å². The Morgan fingerprint density at radius 3 is 2.59 bits per heavy atom. The molecule has 6 nitrogen and oxygen atoms in total. The van der Waals surface area contributed by atoms with E-state index in [0.717, 1.165) is 23.1 Å². The lowest BCUT2D eigenvalue weighted by Crippen LogP contribution is -2.34. The van der Waals surface area contributed by atoms with E-state index in [-0.39, 0.29) is 23.2 Å². The molecule has 0 unspecified atom stereocenters. The van der Waals surface area contributed by atoms with Crippen molar-refractivity contribution in [1.29, 1.82) is 0 Å². The van der Waals surface area contributed by atoms with E-state index in [1.54, 1.807) is 0 Å². The molecule has 1 atom stereocenters. The van der Waals surface area contributed by atoms with Crippen molar-refractivity contribution in [3.63, 3.8) is 0 Å². The van der Waals surface area contributed by atoms with Gasteiger partial charge in [-0.25, -0.2) is 17.5 Å². The molecule has 0 fully saturated rings. The highest BCUT2D eigenvalue weighted by atomic mass is 32.2. The van der Waals surface area contributed by atoms with Crippen LogP contribution in [0.2, 0.25) is 0 Å². The lowest BCUT2D eigenvalue weighted by molar-refractivity contribution is 0.263. The maximum atomic E-state index is 13.6. The zero-order valence-electron chi connectivity index (χ0n) is 15.3. The van der Waals surface area contributed by atoms with E-state index in [1.807, 2.05) is 49.3 Å². The van der Waals surface area contributed by atoms with Crippen LogP contribution in [0.1, 0.15) is 11.8 Å². The number of sulfonamides is 1. The number of hydrogen-bond acceptors (Lipinski definition) is 5. The van der Waals surface area contributed by atoms with Crippen molar-refractivity contribution in [2.45, 2.75) is 10.9 Å². The summed E-state index contributed by atoms with van der Waals surface area (Å²) in [7, 11) is 1.02. The van der Waals surface area contributed by atoms with Gasteiger partial charge in [0.25, 0.3) is 0 Å². The van der Waals surface area contributed by atoms with Gasteiger partial charge in [-0.05, 0) is 44.4 Å². The molecule has 1 N–H and O–H groups in total. The molecular formula is C19H21FN2O4S. The Kier molecular flexibility index (Phi) is 5.50. The largest absolute Gasteiger partial charge is 0.495 e. The van der Waals surface area contributed by atoms with Crippen LogP contribution in [0, 0.1) is 5.82 Å². The van der Waals surface area contributed by atoms with E-state index in [2.05, 4.69) is 4.72 Å². The lowest BCUT2D eigenvalue weighted by Gasteiger charge is -2.22. The van der Waals surface area contributed by atoms with Gasteiger partial charge in [-0.1, -0.05) is 18.2 Å². The maximum absolute atomic E-state index is 13.6. The number of rotatable bonds is 7. The minimum atomic E-state index is -3.98. The second-order valence-corrected chi connectivity index (χ2v) is 8.05. The highest BCUT2D eigenvalue weighted by Gasteiger charge is 2.25. The van der Waals surface area contributed by atoms with Gasteiger partial charge in [-0.3, -0.25) is 4.90 Å². The fourth-order valence-electron chi connectivity index (χ4n) is 2.83. The first-order valence-electron chi connectivity index (χ1n) is 8.30. The Bertz CT molecular complexity index is 1010. The predicted molar refractivity (Wildman–Crippen MR) is 101 cm³/mol. The van der Waals surface area contributed by atoms with Gasteiger partial charge in [-0.2, -0.15) is 0 Å². The standard InChI is InChI=1S/C19H21FN2O4S/c1-22(2)15(18-10-13-6-4-5-7-16(13)26-18)12-21-27(23,24)19-11-14(20)8-9-17(19)25-3/h4-11,15,21H,12H2,1-3H3/t15-/m0/s1. The first-order chi connectivity index (χ1) is 12.8. The van der Waals surface area contributed by atoms with E-state index in [0.29, 0.717) is 5.76 Å². The summed E-state index contributed by atoms with van der Waals surface area (Å²) in [5.41, 5.74) is 0.731. The molecule has 27 heavy (non-hydrogen) atoms. The topological polar surface area (TPSA) is 71.8 Å². The van der Waals surface area contributed by atoms with Gasteiger partial charge in [0.05, 0.1) is 13.2 Å². The molecule has 0 bridgehead atoms. The third-order valence-electron chi connectivity index (χ3n) is 4.28. The molecule has 1 heterocycles. The van der Waals surface area contributed by atoms with Crippen LogP contribution in [0.25, 0.3) is 11.0 Å². The number of para-hydroxylation sites is 1. The van der Waals surface area contributed by atoms with E-state index >= 15 is 0 Å². The summed E-state index contributed by atoms with van der Waals surface area (Å²) in [4.78, 5) is 1.61. The Balaban J connectivity index is 1.87. The SMILES string of the molecule is COc1ccc(F)cc1S(=O)(=O)NC[C@@H](c1cc2ccccc2o1)N(C)C. The molecule has 0 aliphatic heterocycles. The minimum absolute atomic E-state index is 0.0504. The molecule has 3 rings (SSSR count). The van der Waals surface area contributed by atoms with Crippen molar-refractivity contribution in [1.82, 2.24) is 9.62 Å². The predicted octanol–water partition coefficient (Wildman–Crippen LogP) is 3.16. The van der Waals surface area contributed by atoms with Crippen molar-refractivity contribution >= 4 is 21.0 Å². The molecule has 8 heteroatoms. The van der Waals surface area contributed by atoms with Crippen LogP contribution in [0.4, 0.5) is 4.39 Å². The van der Waals surface area contributed by atoms with Crippen LogP contribution >= 0.6 is 0 Å². The molecular weight excluding hydrogens is 371 g/mol. The molecule has 2 aromatic carbocycles. The normalized spacial score (nSPS) is 13.2. The molecule has 0 spiro atoms. The second-order valence-electron chi connectivity index (χ2n) is 6.31. The van der Waals surface area contributed by atoms with E-state index in [4.69, 9.17) is 9.15 Å². The van der Waals surface area contributed by atoms with Crippen LogP contribution in [-0.4, -0.2) is 41.1 Å². The molecule has 0 saturated carbocycles. The molecule has 0 radical (unpaired) electrons. The van der Waals surface area contributed by atoms with Gasteiger partial charge >= 0.3 is 0 Å². The number of nitrogens with one attached hydrogen (secondary N) is 1. The van der Waals surface area contributed by atoms with Crippen molar-refractivity contribution in [3.05, 3.63) is 60.1 Å². The summed E-state index contributed by atoms with van der Waals surface area (Å²) in [6, 6.07) is 12.5. The Morgan fingerprint density at radius 1 is 1.19 bits per heavy atom. The fourth-order valence-corrected chi connectivity index (χ4v) is 4.05. The number of methoxy groups -OCH3 is 1. The van der Waals surface area contributed by atoms with Crippen molar-refractivity contribution in [3.8, 4) is 5.75 Å². The average Bonchev–Trinajstić information content (AvgIpc) is 3.05. The third kappa shape index (κ3) is 4.13. The molecule has 0 aliphatic rings. The summed E-state index contributed by atoms with van der Waals surface area (Å²) in [6.07, 6.45) is 0. The van der Waals surface area contributed by atoms with Crippen LogP contribution < -0.4 is 9.46 Å². The third-order valence-corrected chi connectivity index (χ3v) is 5.72. The number of furan rings is 1. The monoisotopic (exact) mass is 392 g/mol. The van der Waals surface area contributed by atoms with Crippen LogP contribution in [0.15, 0.2) is 57.8 Å². The summed E-state index contributed by atoms with van der Waals surface area (Å²) < 4.78 is 52.4. The van der Waals surface area contributed by atoms with Crippen molar-refractivity contribution in [2.24, 2.45) is 0 Å². The van der Waals surface area contributed by atoms with Gasteiger partial charge in [-0.15, -0.1) is 0 Å². The number of benzene rings is 2. The molecule has 0 amide bonds. The summed E-state index contributed by atoms with van der Waals surface area (Å²) >= 11 is 0. The molecule has 0 aliphatic carbocycles. The highest BCUT2D eigenvalue weighted by molar-refractivity contribution is 7.89. The van der Waals surface area contributed by atoms with E-state index in [9.17, 15) is 12.8 Å². The van der Waals surface area contributed by atoms with Crippen LogP contribution in [-0.2, 0) is 10.0 Å². The molecule has 3 aromatic rings. The van der Waals surface area contributed by atoms with Gasteiger partial charge < -0.3 is 9.15 Å². The van der Waals surface area contributed by atoms with E-state index in [1.165, 1.54) is 13.2 Å². The average molecular weight is 392 g/mol. The second kappa shape index (κ2) is 7.67. The van der Waals surface area contributed by atoms with Crippen molar-refractivity contribution < 1.29 is 22.0 Å². The van der Waals surface area contributed by atoms with Gasteiger partial charge in [0.15, 0.2) is 0 Å². The van der Waals surface area contributed by atoms with Gasteiger partial charge in [0.2, 0.25) is 10.0 Å². The summed E-state index contributed by atoms with van der Waals surface area (Å²) in [5, 5.41) is 0.939. The van der Waals surface area contributed by atoms with Crippen LogP contribution in [0.3, 0.4) is 0 Å². The highest BCUT2D eigenvalue weighted by Crippen LogP contribution is 2.28. The van der Waals surface area contributed by atoms with Gasteiger partial charge in [0, 0.05) is 11.9 Å². The Morgan fingerprint density at radius 2 is 1.93 bits per heavy atom. The quantitative estimate of drug-likeness (QED) is 0.669. The Hall–Kier alpha value is -2.42.